The average Bonchev–Trinajstić information content (AvgIpc) is 2.65. The highest BCUT2D eigenvalue weighted by molar-refractivity contribution is 8.00. The van der Waals surface area contributed by atoms with Crippen LogP contribution in [0.5, 0.6) is 0 Å². The van der Waals surface area contributed by atoms with Crippen molar-refractivity contribution < 1.29 is 10.0 Å². The molecule has 0 aliphatic heterocycles. The van der Waals surface area contributed by atoms with Crippen molar-refractivity contribution in [2.24, 2.45) is 0 Å². The summed E-state index contributed by atoms with van der Waals surface area (Å²) in [6.45, 7) is 0. The number of hydrogen-bond donors (Lipinski definition) is 1. The summed E-state index contributed by atoms with van der Waals surface area (Å²) in [6.07, 6.45) is 2.40. The van der Waals surface area contributed by atoms with Crippen molar-refractivity contribution >= 4 is 17.4 Å². The predicted octanol–water partition coefficient (Wildman–Crippen LogP) is 2.60. The fourth-order valence-electron chi connectivity index (χ4n) is 1.91. The van der Waals surface area contributed by atoms with Crippen molar-refractivity contribution in [2.75, 3.05) is 0 Å². The summed E-state index contributed by atoms with van der Waals surface area (Å²) in [5, 5.41) is 20.6. The number of aliphatic hydroxyl groups excluding tert-OH is 1. The average molecular weight is 239 g/mol. The zero-order chi connectivity index (χ0) is 11.5. The molecule has 1 aromatic carbocycles. The molecule has 0 radical (unpaired) electrons. The maximum Gasteiger partial charge on any atom is 0.282 e. The van der Waals surface area contributed by atoms with E-state index in [1.54, 1.807) is 18.2 Å². The normalized spacial score (nSPS) is 24.6. The molecule has 2 unspecified atom stereocenters. The standard InChI is InChI=1S/C11H13NO3S/c13-9-5-3-7-11(9)16-10-6-2-1-4-8(10)12(14)15/h1-2,4,6,9,11,13H,3,5,7H2. The van der Waals surface area contributed by atoms with Crippen LogP contribution in [0.15, 0.2) is 29.2 Å². The lowest BCUT2D eigenvalue weighted by Gasteiger charge is -2.13. The number of nitro groups is 1. The summed E-state index contributed by atoms with van der Waals surface area (Å²) >= 11 is 1.42. The fourth-order valence-corrected chi connectivity index (χ4v) is 3.24. The van der Waals surface area contributed by atoms with Gasteiger partial charge >= 0.3 is 0 Å². The summed E-state index contributed by atoms with van der Waals surface area (Å²) in [5.41, 5.74) is 0.131. The van der Waals surface area contributed by atoms with Gasteiger partial charge in [0.2, 0.25) is 0 Å². The molecule has 1 fully saturated rings. The Balaban J connectivity index is 2.17. The Kier molecular flexibility index (Phi) is 3.46. The number of thioether (sulfide) groups is 1. The summed E-state index contributed by atoms with van der Waals surface area (Å²) in [5.74, 6) is 0. The van der Waals surface area contributed by atoms with Crippen molar-refractivity contribution in [3.8, 4) is 0 Å². The lowest BCUT2D eigenvalue weighted by Crippen LogP contribution is -2.15. The Labute approximate surface area is 97.8 Å². The van der Waals surface area contributed by atoms with Crippen LogP contribution >= 0.6 is 11.8 Å². The van der Waals surface area contributed by atoms with Gasteiger partial charge in [-0.05, 0) is 25.3 Å². The van der Waals surface area contributed by atoms with E-state index in [9.17, 15) is 15.2 Å². The van der Waals surface area contributed by atoms with E-state index < -0.39 is 0 Å². The zero-order valence-corrected chi connectivity index (χ0v) is 9.52. The molecule has 0 heterocycles. The number of nitrogens with zero attached hydrogens (tertiary/aromatic N) is 1. The third-order valence-corrected chi connectivity index (χ3v) is 4.21. The number of nitro benzene ring substituents is 1. The molecule has 0 spiro atoms. The first-order valence-electron chi connectivity index (χ1n) is 5.26. The first kappa shape index (κ1) is 11.4. The van der Waals surface area contributed by atoms with E-state index in [1.807, 2.05) is 0 Å². The first-order chi connectivity index (χ1) is 7.68. The van der Waals surface area contributed by atoms with Crippen LogP contribution in [0.3, 0.4) is 0 Å². The molecule has 1 saturated carbocycles. The van der Waals surface area contributed by atoms with E-state index in [2.05, 4.69) is 0 Å². The van der Waals surface area contributed by atoms with Gasteiger partial charge in [0.05, 0.1) is 15.9 Å². The molecule has 86 valence electrons. The lowest BCUT2D eigenvalue weighted by atomic mass is 10.3. The molecule has 2 rings (SSSR count). The second kappa shape index (κ2) is 4.84. The molecule has 0 bridgehead atoms. The summed E-state index contributed by atoms with van der Waals surface area (Å²) in [4.78, 5) is 11.1. The Morgan fingerprint density at radius 3 is 2.75 bits per heavy atom. The van der Waals surface area contributed by atoms with Crippen LogP contribution in [0.25, 0.3) is 0 Å². The van der Waals surface area contributed by atoms with Crippen LogP contribution in [0.1, 0.15) is 19.3 Å². The number of rotatable bonds is 3. The molecule has 5 heteroatoms. The predicted molar refractivity (Wildman–Crippen MR) is 62.6 cm³/mol. The van der Waals surface area contributed by atoms with E-state index in [0.717, 1.165) is 19.3 Å². The largest absolute Gasteiger partial charge is 0.392 e. The monoisotopic (exact) mass is 239 g/mol. The van der Waals surface area contributed by atoms with Crippen LogP contribution in [0, 0.1) is 10.1 Å². The lowest BCUT2D eigenvalue weighted by molar-refractivity contribution is -0.387. The van der Waals surface area contributed by atoms with Gasteiger partial charge < -0.3 is 5.11 Å². The zero-order valence-electron chi connectivity index (χ0n) is 8.70. The van der Waals surface area contributed by atoms with Crippen LogP contribution < -0.4 is 0 Å². The van der Waals surface area contributed by atoms with Crippen LogP contribution in [-0.4, -0.2) is 21.4 Å². The van der Waals surface area contributed by atoms with Gasteiger partial charge in [0, 0.05) is 11.3 Å². The Hall–Kier alpha value is -1.07. The highest BCUT2D eigenvalue weighted by Crippen LogP contribution is 2.38. The second-order valence-electron chi connectivity index (χ2n) is 3.88. The Bertz CT molecular complexity index is 397. The number of aliphatic hydroxyl groups is 1. The van der Waals surface area contributed by atoms with E-state index in [4.69, 9.17) is 0 Å². The van der Waals surface area contributed by atoms with Crippen molar-refractivity contribution in [1.29, 1.82) is 0 Å². The van der Waals surface area contributed by atoms with E-state index in [-0.39, 0.29) is 22.0 Å². The van der Waals surface area contributed by atoms with Gasteiger partial charge in [-0.1, -0.05) is 12.1 Å². The van der Waals surface area contributed by atoms with Gasteiger partial charge in [0.25, 0.3) is 5.69 Å². The van der Waals surface area contributed by atoms with Gasteiger partial charge in [-0.25, -0.2) is 0 Å². The molecule has 2 atom stereocenters. The Morgan fingerprint density at radius 2 is 2.12 bits per heavy atom. The minimum atomic E-state index is -0.371. The Morgan fingerprint density at radius 1 is 1.38 bits per heavy atom. The SMILES string of the molecule is O=[N+]([O-])c1ccccc1SC1CCCC1O. The van der Waals surface area contributed by atoms with Gasteiger partial charge in [-0.2, -0.15) is 0 Å². The second-order valence-corrected chi connectivity index (χ2v) is 5.16. The van der Waals surface area contributed by atoms with E-state index >= 15 is 0 Å². The molecule has 4 nitrogen and oxygen atoms in total. The molecular formula is C11H13NO3S. The number of para-hydroxylation sites is 1. The van der Waals surface area contributed by atoms with Crippen LogP contribution in [0.2, 0.25) is 0 Å². The molecule has 16 heavy (non-hydrogen) atoms. The molecule has 0 saturated heterocycles. The van der Waals surface area contributed by atoms with Gasteiger partial charge in [-0.15, -0.1) is 11.8 Å². The fraction of sp³-hybridized carbons (Fsp3) is 0.455. The van der Waals surface area contributed by atoms with Crippen molar-refractivity contribution in [1.82, 2.24) is 0 Å². The molecular weight excluding hydrogens is 226 g/mol. The summed E-state index contributed by atoms with van der Waals surface area (Å²) in [6, 6.07) is 6.70. The van der Waals surface area contributed by atoms with Gasteiger partial charge in [0.15, 0.2) is 0 Å². The van der Waals surface area contributed by atoms with Crippen molar-refractivity contribution in [3.63, 3.8) is 0 Å². The molecule has 1 aromatic rings. The van der Waals surface area contributed by atoms with Gasteiger partial charge in [0.1, 0.15) is 0 Å². The van der Waals surface area contributed by atoms with Crippen molar-refractivity contribution in [2.45, 2.75) is 35.5 Å². The smallest absolute Gasteiger partial charge is 0.282 e. The minimum Gasteiger partial charge on any atom is -0.392 e. The highest BCUT2D eigenvalue weighted by atomic mass is 32.2. The highest BCUT2D eigenvalue weighted by Gasteiger charge is 2.28. The van der Waals surface area contributed by atoms with Crippen LogP contribution in [0.4, 0.5) is 5.69 Å². The maximum atomic E-state index is 10.8. The molecule has 0 aromatic heterocycles. The van der Waals surface area contributed by atoms with E-state index in [0.29, 0.717) is 4.90 Å². The molecule has 1 aliphatic carbocycles. The maximum absolute atomic E-state index is 10.8. The summed E-state index contributed by atoms with van der Waals surface area (Å²) < 4.78 is 0. The van der Waals surface area contributed by atoms with Gasteiger partial charge in [-0.3, -0.25) is 10.1 Å². The number of hydrogen-bond acceptors (Lipinski definition) is 4. The topological polar surface area (TPSA) is 63.4 Å². The van der Waals surface area contributed by atoms with E-state index in [1.165, 1.54) is 17.8 Å². The van der Waals surface area contributed by atoms with Crippen molar-refractivity contribution in [3.05, 3.63) is 34.4 Å². The molecule has 0 amide bonds. The number of benzene rings is 1. The third kappa shape index (κ3) is 2.36. The quantitative estimate of drug-likeness (QED) is 0.650. The third-order valence-electron chi connectivity index (χ3n) is 2.76. The first-order valence-corrected chi connectivity index (χ1v) is 6.14. The molecule has 1 aliphatic rings. The molecule has 1 N–H and O–H groups in total. The summed E-state index contributed by atoms with van der Waals surface area (Å²) in [7, 11) is 0. The minimum absolute atomic E-state index is 0.0982. The van der Waals surface area contributed by atoms with Crippen LogP contribution in [-0.2, 0) is 0 Å².